The highest BCUT2D eigenvalue weighted by molar-refractivity contribution is 7.13. The average molecular weight is 377 g/mol. The fraction of sp³-hybridized carbons (Fsp3) is 0.0500. The molecule has 0 radical (unpaired) electrons. The van der Waals surface area contributed by atoms with Crippen LogP contribution in [0.4, 0.5) is 0 Å². The summed E-state index contributed by atoms with van der Waals surface area (Å²) in [6, 6.07) is 18.0. The minimum absolute atomic E-state index is 0.159. The average Bonchev–Trinajstić information content (AvgIpc) is 3.24. The standard InChI is InChI=1S/C20H15N3O3S/c24-19(22-26)14-9-7-13(8-10-14)12-23-16-5-2-1-4-15(16)21-18(20(23)25)17-6-3-11-27-17/h1-11,26H,12H2,(H,22,24). The van der Waals surface area contributed by atoms with Crippen LogP contribution >= 0.6 is 11.3 Å². The van der Waals surface area contributed by atoms with Crippen molar-refractivity contribution in [3.8, 4) is 10.6 Å². The van der Waals surface area contributed by atoms with Gasteiger partial charge in [-0.2, -0.15) is 0 Å². The molecule has 4 aromatic rings. The number of fused-ring (bicyclic) bond motifs is 1. The van der Waals surface area contributed by atoms with E-state index in [-0.39, 0.29) is 5.56 Å². The van der Waals surface area contributed by atoms with Crippen LogP contribution in [0.5, 0.6) is 0 Å². The van der Waals surface area contributed by atoms with Gasteiger partial charge >= 0.3 is 0 Å². The number of carbonyl (C=O) groups excluding carboxylic acids is 1. The van der Waals surface area contributed by atoms with E-state index in [0.29, 0.717) is 17.8 Å². The largest absolute Gasteiger partial charge is 0.300 e. The normalized spacial score (nSPS) is 10.9. The summed E-state index contributed by atoms with van der Waals surface area (Å²) in [5, 5.41) is 10.6. The van der Waals surface area contributed by atoms with E-state index in [1.165, 1.54) is 11.3 Å². The van der Waals surface area contributed by atoms with Gasteiger partial charge in [0.15, 0.2) is 0 Å². The second-order valence-electron chi connectivity index (χ2n) is 5.96. The maximum atomic E-state index is 13.1. The van der Waals surface area contributed by atoms with Crippen LogP contribution in [0.25, 0.3) is 21.6 Å². The lowest BCUT2D eigenvalue weighted by molar-refractivity contribution is 0.0706. The summed E-state index contributed by atoms with van der Waals surface area (Å²) < 4.78 is 1.69. The van der Waals surface area contributed by atoms with Crippen LogP contribution in [0.3, 0.4) is 0 Å². The number of nitrogens with one attached hydrogen (secondary N) is 1. The first-order valence-electron chi connectivity index (χ1n) is 8.24. The van der Waals surface area contributed by atoms with Gasteiger partial charge in [-0.15, -0.1) is 11.3 Å². The Kier molecular flexibility index (Phi) is 4.53. The number of thiophene rings is 1. The molecular weight excluding hydrogens is 362 g/mol. The smallest absolute Gasteiger partial charge is 0.278 e. The molecule has 0 bridgehead atoms. The van der Waals surface area contributed by atoms with Crippen LogP contribution in [0.2, 0.25) is 0 Å². The van der Waals surface area contributed by atoms with Crippen LogP contribution in [0, 0.1) is 0 Å². The molecule has 0 aliphatic rings. The van der Waals surface area contributed by atoms with Crippen LogP contribution in [0.1, 0.15) is 15.9 Å². The fourth-order valence-corrected chi connectivity index (χ4v) is 3.64. The molecule has 2 aromatic heterocycles. The van der Waals surface area contributed by atoms with Gasteiger partial charge in [0.05, 0.1) is 22.5 Å². The molecule has 0 fully saturated rings. The third-order valence-corrected chi connectivity index (χ3v) is 5.14. The zero-order chi connectivity index (χ0) is 18.8. The van der Waals surface area contributed by atoms with E-state index < -0.39 is 5.91 Å². The molecule has 2 N–H and O–H groups in total. The summed E-state index contributed by atoms with van der Waals surface area (Å²) in [7, 11) is 0. The van der Waals surface area contributed by atoms with E-state index in [1.54, 1.807) is 34.3 Å². The van der Waals surface area contributed by atoms with Gasteiger partial charge in [-0.25, -0.2) is 10.5 Å². The minimum Gasteiger partial charge on any atom is -0.300 e. The maximum absolute atomic E-state index is 13.1. The molecule has 0 aliphatic carbocycles. The predicted octanol–water partition coefficient (Wildman–Crippen LogP) is 3.29. The lowest BCUT2D eigenvalue weighted by atomic mass is 10.1. The molecule has 0 saturated carbocycles. The van der Waals surface area contributed by atoms with Gasteiger partial charge in [0.25, 0.3) is 11.5 Å². The second-order valence-corrected chi connectivity index (χ2v) is 6.90. The van der Waals surface area contributed by atoms with E-state index >= 15 is 0 Å². The number of carbonyl (C=O) groups is 1. The van der Waals surface area contributed by atoms with Crippen LogP contribution < -0.4 is 11.0 Å². The second kappa shape index (κ2) is 7.14. The molecular formula is C20H15N3O3S. The first-order chi connectivity index (χ1) is 13.2. The van der Waals surface area contributed by atoms with Crippen molar-refractivity contribution < 1.29 is 10.0 Å². The van der Waals surface area contributed by atoms with Crippen molar-refractivity contribution >= 4 is 28.3 Å². The third kappa shape index (κ3) is 3.25. The first-order valence-corrected chi connectivity index (χ1v) is 9.12. The van der Waals surface area contributed by atoms with Crippen molar-refractivity contribution in [1.82, 2.24) is 15.0 Å². The number of aromatic nitrogens is 2. The van der Waals surface area contributed by atoms with Crippen molar-refractivity contribution in [2.45, 2.75) is 6.54 Å². The number of nitrogens with zero attached hydrogens (tertiary/aromatic N) is 2. The Labute approximate surface area is 158 Å². The van der Waals surface area contributed by atoms with E-state index in [0.717, 1.165) is 21.5 Å². The number of amides is 1. The van der Waals surface area contributed by atoms with E-state index in [1.807, 2.05) is 41.8 Å². The predicted molar refractivity (Wildman–Crippen MR) is 104 cm³/mol. The summed E-state index contributed by atoms with van der Waals surface area (Å²) in [5.41, 5.74) is 4.58. The Balaban J connectivity index is 1.82. The first kappa shape index (κ1) is 17.1. The van der Waals surface area contributed by atoms with Gasteiger partial charge in [0, 0.05) is 5.56 Å². The van der Waals surface area contributed by atoms with E-state index in [4.69, 9.17) is 5.21 Å². The highest BCUT2D eigenvalue weighted by atomic mass is 32.1. The van der Waals surface area contributed by atoms with Crippen molar-refractivity contribution in [3.05, 3.63) is 87.5 Å². The van der Waals surface area contributed by atoms with Gasteiger partial charge in [-0.3, -0.25) is 14.8 Å². The minimum atomic E-state index is -0.576. The third-order valence-electron chi connectivity index (χ3n) is 4.27. The molecule has 0 unspecified atom stereocenters. The van der Waals surface area contributed by atoms with E-state index in [9.17, 15) is 9.59 Å². The summed E-state index contributed by atoms with van der Waals surface area (Å²) >= 11 is 1.48. The highest BCUT2D eigenvalue weighted by Gasteiger charge is 2.14. The van der Waals surface area contributed by atoms with E-state index in [2.05, 4.69) is 4.98 Å². The summed E-state index contributed by atoms with van der Waals surface area (Å²) in [5.74, 6) is -0.576. The molecule has 0 spiro atoms. The van der Waals surface area contributed by atoms with Gasteiger partial charge < -0.3 is 4.57 Å². The number of hydrogen-bond acceptors (Lipinski definition) is 5. The number of hydroxylamine groups is 1. The fourth-order valence-electron chi connectivity index (χ4n) is 2.93. The molecule has 4 rings (SSSR count). The van der Waals surface area contributed by atoms with Crippen molar-refractivity contribution in [2.24, 2.45) is 0 Å². The van der Waals surface area contributed by atoms with Crippen molar-refractivity contribution in [3.63, 3.8) is 0 Å². The van der Waals surface area contributed by atoms with Crippen molar-refractivity contribution in [2.75, 3.05) is 0 Å². The van der Waals surface area contributed by atoms with Gasteiger partial charge in [-0.1, -0.05) is 30.3 Å². The monoisotopic (exact) mass is 377 g/mol. The zero-order valence-electron chi connectivity index (χ0n) is 14.1. The van der Waals surface area contributed by atoms with Crippen LogP contribution in [-0.4, -0.2) is 20.7 Å². The lowest BCUT2D eigenvalue weighted by Gasteiger charge is -2.12. The Morgan fingerprint density at radius 2 is 1.85 bits per heavy atom. The Hall–Kier alpha value is -3.29. The summed E-state index contributed by atoms with van der Waals surface area (Å²) in [6.45, 7) is 0.348. The maximum Gasteiger partial charge on any atom is 0.278 e. The molecule has 7 heteroatoms. The molecule has 27 heavy (non-hydrogen) atoms. The molecule has 6 nitrogen and oxygen atoms in total. The Bertz CT molecular complexity index is 1170. The topological polar surface area (TPSA) is 84.2 Å². The molecule has 0 aliphatic heterocycles. The Morgan fingerprint density at radius 3 is 2.56 bits per heavy atom. The van der Waals surface area contributed by atoms with Gasteiger partial charge in [-0.05, 0) is 41.3 Å². The molecule has 134 valence electrons. The number of benzene rings is 2. The molecule has 0 atom stereocenters. The highest BCUT2D eigenvalue weighted by Crippen LogP contribution is 2.22. The molecule has 2 aromatic carbocycles. The molecule has 0 saturated heterocycles. The van der Waals surface area contributed by atoms with Gasteiger partial charge in [0.1, 0.15) is 5.69 Å². The van der Waals surface area contributed by atoms with Gasteiger partial charge in [0.2, 0.25) is 0 Å². The van der Waals surface area contributed by atoms with Crippen LogP contribution in [0.15, 0.2) is 70.8 Å². The van der Waals surface area contributed by atoms with Crippen LogP contribution in [-0.2, 0) is 6.54 Å². The summed E-state index contributed by atoms with van der Waals surface area (Å²) in [4.78, 5) is 30.0. The Morgan fingerprint density at radius 1 is 1.07 bits per heavy atom. The summed E-state index contributed by atoms with van der Waals surface area (Å²) in [6.07, 6.45) is 0. The zero-order valence-corrected chi connectivity index (χ0v) is 14.9. The molecule has 1 amide bonds. The lowest BCUT2D eigenvalue weighted by Crippen LogP contribution is -2.24. The number of para-hydroxylation sites is 2. The number of hydrogen-bond donors (Lipinski definition) is 2. The quantitative estimate of drug-likeness (QED) is 0.422. The SMILES string of the molecule is O=C(NO)c1ccc(Cn2c(=O)c(-c3cccs3)nc3ccccc32)cc1. The number of rotatable bonds is 4. The molecule has 2 heterocycles. The van der Waals surface area contributed by atoms with Crippen molar-refractivity contribution in [1.29, 1.82) is 0 Å².